The van der Waals surface area contributed by atoms with Crippen LogP contribution in [0, 0.1) is 0 Å². The maximum absolute atomic E-state index is 12.7. The summed E-state index contributed by atoms with van der Waals surface area (Å²) in [4.78, 5) is 24.8. The van der Waals surface area contributed by atoms with E-state index in [4.69, 9.17) is 5.73 Å². The number of nitrogens with two attached hydrogens (primary N) is 1. The smallest absolute Gasteiger partial charge is 1.00 e. The molecule has 3 rings (SSSR count). The number of carbonyl (C=O) groups is 2. The van der Waals surface area contributed by atoms with Gasteiger partial charge in [0, 0.05) is 23.9 Å². The number of fused-ring (bicyclic) bond motifs is 2. The van der Waals surface area contributed by atoms with Crippen LogP contribution >= 0.6 is 0 Å². The number of benzene rings is 2. The third-order valence-electron chi connectivity index (χ3n) is 3.75. The summed E-state index contributed by atoms with van der Waals surface area (Å²) in [5.74, 6) is -0.997. The summed E-state index contributed by atoms with van der Waals surface area (Å²) in [6, 6.07) is 7.26. The predicted molar refractivity (Wildman–Crippen MR) is 84.6 cm³/mol. The van der Waals surface area contributed by atoms with E-state index in [1.165, 1.54) is 19.2 Å². The maximum Gasteiger partial charge on any atom is 1.00 e. The van der Waals surface area contributed by atoms with Crippen molar-refractivity contribution in [3.8, 4) is 0 Å². The van der Waals surface area contributed by atoms with Gasteiger partial charge in [-0.3, -0.25) is 14.1 Å². The number of carbonyl (C=O) groups excluding carboxylic acids is 2. The molecule has 120 valence electrons. The van der Waals surface area contributed by atoms with Crippen LogP contribution in [0.1, 0.15) is 33.3 Å². The summed E-state index contributed by atoms with van der Waals surface area (Å²) in [7, 11) is -3.18. The fourth-order valence-corrected chi connectivity index (χ4v) is 3.35. The van der Waals surface area contributed by atoms with E-state index in [0.29, 0.717) is 0 Å². The van der Waals surface area contributed by atoms with Gasteiger partial charge in [-0.1, -0.05) is 24.3 Å². The zero-order valence-corrected chi connectivity index (χ0v) is 15.8. The van der Waals surface area contributed by atoms with Crippen molar-refractivity contribution in [3.63, 3.8) is 0 Å². The van der Waals surface area contributed by atoms with E-state index >= 15 is 0 Å². The molecule has 0 aromatic heterocycles. The first-order chi connectivity index (χ1) is 10.8. The topological polar surface area (TPSA) is 127 Å². The first-order valence-electron chi connectivity index (χ1n) is 6.57. The van der Waals surface area contributed by atoms with Gasteiger partial charge in [0.1, 0.15) is 4.90 Å². The fraction of sp³-hybridized carbons (Fsp3) is 0.0667. The van der Waals surface area contributed by atoms with Crippen molar-refractivity contribution in [2.45, 2.75) is 4.90 Å². The van der Waals surface area contributed by atoms with Crippen LogP contribution in [0.5, 0.6) is 0 Å². The van der Waals surface area contributed by atoms with E-state index in [2.05, 4.69) is 5.32 Å². The van der Waals surface area contributed by atoms with Crippen LogP contribution in [0.4, 0.5) is 11.4 Å². The predicted octanol–water partition coefficient (Wildman–Crippen LogP) is -1.55. The van der Waals surface area contributed by atoms with Crippen molar-refractivity contribution in [1.29, 1.82) is 0 Å². The van der Waals surface area contributed by atoms with Gasteiger partial charge in [-0.25, -0.2) is 0 Å². The number of ketones is 2. The van der Waals surface area contributed by atoms with Crippen LogP contribution in [-0.2, 0) is 10.1 Å². The van der Waals surface area contributed by atoms with Crippen LogP contribution < -0.4 is 40.6 Å². The first kappa shape index (κ1) is 18.6. The summed E-state index contributed by atoms with van der Waals surface area (Å²) in [6.45, 7) is 0. The van der Waals surface area contributed by atoms with Crippen LogP contribution in [0.15, 0.2) is 35.2 Å². The van der Waals surface area contributed by atoms with Crippen molar-refractivity contribution in [2.24, 2.45) is 0 Å². The Morgan fingerprint density at radius 3 is 2.04 bits per heavy atom. The molecule has 1 aliphatic rings. The fourth-order valence-electron chi connectivity index (χ4n) is 2.70. The Labute approximate surface area is 161 Å². The van der Waals surface area contributed by atoms with Crippen LogP contribution in [-0.4, -0.2) is 31.6 Å². The molecular formula is C15H13N2NaO5S. The molecule has 0 amide bonds. The molecule has 24 heavy (non-hydrogen) atoms. The first-order valence-corrected chi connectivity index (χ1v) is 8.01. The number of anilines is 2. The van der Waals surface area contributed by atoms with Gasteiger partial charge < -0.3 is 12.5 Å². The van der Waals surface area contributed by atoms with Crippen LogP contribution in [0.2, 0.25) is 0 Å². The Hall–Kier alpha value is -1.71. The van der Waals surface area contributed by atoms with Crippen molar-refractivity contribution in [2.75, 3.05) is 18.1 Å². The molecular weight excluding hydrogens is 343 g/mol. The Morgan fingerprint density at radius 1 is 1.08 bits per heavy atom. The molecule has 1 aliphatic carbocycles. The summed E-state index contributed by atoms with van der Waals surface area (Å²) in [5, 5.41) is 2.67. The second-order valence-electron chi connectivity index (χ2n) is 5.01. The molecule has 0 bridgehead atoms. The summed E-state index contributed by atoms with van der Waals surface area (Å²) in [5.41, 5.74) is 5.61. The number of hydrogen-bond acceptors (Lipinski definition) is 6. The second-order valence-corrected chi connectivity index (χ2v) is 6.40. The average molecular weight is 356 g/mol. The van der Waals surface area contributed by atoms with Gasteiger partial charge in [-0.2, -0.15) is 8.42 Å². The molecule has 9 heteroatoms. The molecule has 0 fully saturated rings. The van der Waals surface area contributed by atoms with Crippen molar-refractivity contribution in [3.05, 3.63) is 52.6 Å². The Kier molecular flexibility index (Phi) is 4.89. The van der Waals surface area contributed by atoms with E-state index in [-0.39, 0.29) is 58.9 Å². The molecule has 0 unspecified atom stereocenters. The molecule has 0 atom stereocenters. The molecule has 0 heterocycles. The molecule has 0 saturated heterocycles. The van der Waals surface area contributed by atoms with E-state index < -0.39 is 32.3 Å². The van der Waals surface area contributed by atoms with E-state index in [1.807, 2.05) is 0 Å². The minimum atomic E-state index is -4.65. The van der Waals surface area contributed by atoms with Gasteiger partial charge in [0.25, 0.3) is 10.1 Å². The van der Waals surface area contributed by atoms with Crippen molar-refractivity contribution >= 4 is 33.1 Å². The van der Waals surface area contributed by atoms with Gasteiger partial charge in [-0.15, -0.1) is 0 Å². The molecule has 0 saturated carbocycles. The van der Waals surface area contributed by atoms with Gasteiger partial charge in [0.2, 0.25) is 0 Å². The average Bonchev–Trinajstić information content (AvgIpc) is 2.51. The quantitative estimate of drug-likeness (QED) is 0.288. The molecule has 7 nitrogen and oxygen atoms in total. The molecule has 4 N–H and O–H groups in total. The Morgan fingerprint density at radius 2 is 1.58 bits per heavy atom. The second kappa shape index (κ2) is 6.30. The Balaban J connectivity index is 0.00000156. The van der Waals surface area contributed by atoms with Gasteiger partial charge in [0.05, 0.1) is 16.8 Å². The summed E-state index contributed by atoms with van der Waals surface area (Å²) < 4.78 is 32.3. The molecule has 2 aromatic carbocycles. The van der Waals surface area contributed by atoms with E-state index in [1.54, 1.807) is 12.1 Å². The molecule has 0 spiro atoms. The number of rotatable bonds is 2. The number of nitrogens with one attached hydrogen (secondary N) is 1. The summed E-state index contributed by atoms with van der Waals surface area (Å²) in [6.07, 6.45) is 0. The summed E-state index contributed by atoms with van der Waals surface area (Å²) >= 11 is 0. The van der Waals surface area contributed by atoms with Crippen molar-refractivity contribution < 1.29 is 53.5 Å². The van der Waals surface area contributed by atoms with E-state index in [9.17, 15) is 22.6 Å². The minimum Gasteiger partial charge on any atom is -1.00 e. The molecule has 0 radical (unpaired) electrons. The van der Waals surface area contributed by atoms with Gasteiger partial charge in [-0.05, 0) is 6.07 Å². The van der Waals surface area contributed by atoms with Gasteiger partial charge >= 0.3 is 29.6 Å². The number of nitrogen functional groups attached to an aromatic ring is 1. The zero-order valence-electron chi connectivity index (χ0n) is 14.0. The van der Waals surface area contributed by atoms with Crippen LogP contribution in [0.3, 0.4) is 0 Å². The van der Waals surface area contributed by atoms with Crippen LogP contribution in [0.25, 0.3) is 0 Å². The largest absolute Gasteiger partial charge is 1.00 e. The zero-order chi connectivity index (χ0) is 16.9. The third-order valence-corrected chi connectivity index (χ3v) is 4.64. The maximum atomic E-state index is 12.7. The third kappa shape index (κ3) is 2.66. The minimum absolute atomic E-state index is 0. The number of hydrogen-bond donors (Lipinski definition) is 3. The monoisotopic (exact) mass is 356 g/mol. The van der Waals surface area contributed by atoms with Gasteiger partial charge in [0.15, 0.2) is 11.6 Å². The normalized spacial score (nSPS) is 12.9. The molecule has 0 aliphatic heterocycles. The molecule has 2 aromatic rings. The van der Waals surface area contributed by atoms with E-state index in [0.717, 1.165) is 6.07 Å². The Bertz CT molecular complexity index is 992. The van der Waals surface area contributed by atoms with Crippen molar-refractivity contribution in [1.82, 2.24) is 0 Å². The standard InChI is InChI=1S/C15H12N2O5S.Na.H/c1-17-9-6-10(23(20,21)22)13(16)12-11(9)14(18)7-4-2-3-5-8(7)15(12)19;;/h2-6,17H,16H2,1H3,(H,20,21,22);;/q;+1;-1. The SMILES string of the molecule is CNc1cc(S(=O)(=O)O)c(N)c2c1C(=O)c1ccccc1C2=O.[H-].[Na+].